The first-order chi connectivity index (χ1) is 40.0. The molecule has 0 heterocycles. The third-order valence-electron chi connectivity index (χ3n) is 20.7. The molecular formula is C82H78N2. The van der Waals surface area contributed by atoms with Crippen LogP contribution in [0.2, 0.25) is 0 Å². The fourth-order valence-corrected chi connectivity index (χ4v) is 16.6. The Balaban J connectivity index is 0.971. The van der Waals surface area contributed by atoms with E-state index in [0.29, 0.717) is 0 Å². The number of benzene rings is 10. The average molecular weight is 1090 g/mol. The van der Waals surface area contributed by atoms with Gasteiger partial charge in [0.1, 0.15) is 0 Å². The zero-order valence-electron chi connectivity index (χ0n) is 51.8. The quantitative estimate of drug-likeness (QED) is 0.153. The van der Waals surface area contributed by atoms with Crippen molar-refractivity contribution in [2.24, 2.45) is 0 Å². The summed E-state index contributed by atoms with van der Waals surface area (Å²) in [5.74, 6) is 0. The van der Waals surface area contributed by atoms with Crippen molar-refractivity contribution in [2.45, 2.75) is 142 Å². The summed E-state index contributed by atoms with van der Waals surface area (Å²) >= 11 is 0. The average Bonchev–Trinajstić information content (AvgIpc) is 1.26. The Kier molecular flexibility index (Phi) is 11.1. The molecule has 0 saturated heterocycles. The van der Waals surface area contributed by atoms with Crippen LogP contribution in [-0.4, -0.2) is 0 Å². The van der Waals surface area contributed by atoms with E-state index in [0.717, 1.165) is 24.2 Å². The number of hydrogen-bond acceptors (Lipinski definition) is 2. The molecule has 0 spiro atoms. The van der Waals surface area contributed by atoms with Gasteiger partial charge in [-0.05, 0) is 213 Å². The molecule has 0 unspecified atom stereocenters. The molecule has 0 atom stereocenters. The van der Waals surface area contributed by atoms with Crippen molar-refractivity contribution in [1.29, 1.82) is 0 Å². The maximum absolute atomic E-state index is 2.58. The van der Waals surface area contributed by atoms with Gasteiger partial charge in [0, 0.05) is 55.8 Å². The molecule has 0 amide bonds. The minimum absolute atomic E-state index is 0.0738. The van der Waals surface area contributed by atoms with Crippen LogP contribution in [0.25, 0.3) is 60.5 Å². The summed E-state index contributed by atoms with van der Waals surface area (Å²) in [5, 5.41) is 5.24. The van der Waals surface area contributed by atoms with Crippen LogP contribution in [0.1, 0.15) is 165 Å². The van der Waals surface area contributed by atoms with Crippen molar-refractivity contribution < 1.29 is 0 Å². The van der Waals surface area contributed by atoms with E-state index in [1.807, 2.05) is 0 Å². The lowest BCUT2D eigenvalue weighted by atomic mass is 9.74. The van der Waals surface area contributed by atoms with E-state index in [9.17, 15) is 0 Å². The van der Waals surface area contributed by atoms with Gasteiger partial charge < -0.3 is 9.80 Å². The molecule has 84 heavy (non-hydrogen) atoms. The first-order valence-corrected chi connectivity index (χ1v) is 30.9. The van der Waals surface area contributed by atoms with Crippen LogP contribution in [0, 0.1) is 0 Å². The van der Waals surface area contributed by atoms with Crippen LogP contribution in [-0.2, 0) is 32.5 Å². The number of rotatable bonds is 6. The Labute approximate surface area is 499 Å². The van der Waals surface area contributed by atoms with Crippen molar-refractivity contribution in [3.05, 3.63) is 255 Å². The smallest absolute Gasteiger partial charge is 0.0468 e. The van der Waals surface area contributed by atoms with E-state index in [1.54, 1.807) is 5.57 Å². The SMILES string of the molecule is CC(C)(C)c1c2ccc(N(c3ccc4c(c3)C(C)(C)C3=C4C=CCC3)c3ccc4c(c3)C(C)(C)c3ccccc3-4)cc2c(C(C)(C)C)c2cc(N(c3ccc4c(c3)C(C)(C)c3ccccc3-4)c3ccc4c(c3)C(C)(C)c3ccccc3-4)ccc12. The van der Waals surface area contributed by atoms with Crippen LogP contribution >= 0.6 is 0 Å². The van der Waals surface area contributed by atoms with Gasteiger partial charge in [-0.15, -0.1) is 0 Å². The van der Waals surface area contributed by atoms with Gasteiger partial charge in [0.05, 0.1) is 0 Å². The number of allylic oxidation sites excluding steroid dienone is 4. The first kappa shape index (κ1) is 52.6. The monoisotopic (exact) mass is 1090 g/mol. The maximum atomic E-state index is 2.58. The lowest BCUT2D eigenvalue weighted by Gasteiger charge is -2.34. The molecule has 416 valence electrons. The van der Waals surface area contributed by atoms with Gasteiger partial charge in [-0.3, -0.25) is 0 Å². The van der Waals surface area contributed by atoms with E-state index >= 15 is 0 Å². The largest absolute Gasteiger partial charge is 0.310 e. The Morgan fingerprint density at radius 1 is 0.310 bits per heavy atom. The van der Waals surface area contributed by atoms with Gasteiger partial charge in [0.25, 0.3) is 0 Å². The van der Waals surface area contributed by atoms with Gasteiger partial charge >= 0.3 is 0 Å². The van der Waals surface area contributed by atoms with E-state index < -0.39 is 0 Å². The van der Waals surface area contributed by atoms with E-state index in [2.05, 4.69) is 301 Å². The van der Waals surface area contributed by atoms with Crippen molar-refractivity contribution in [2.75, 3.05) is 9.80 Å². The predicted molar refractivity (Wildman–Crippen MR) is 359 cm³/mol. The van der Waals surface area contributed by atoms with Gasteiger partial charge in [-0.1, -0.05) is 224 Å². The number of hydrogen-bond donors (Lipinski definition) is 0. The van der Waals surface area contributed by atoms with Gasteiger partial charge in [-0.2, -0.15) is 0 Å². The fourth-order valence-electron chi connectivity index (χ4n) is 16.6. The molecule has 0 aliphatic heterocycles. The standard InChI is InChI=1S/C82H78N2/c1-77(2,3)75-63-41-35-49(83(51-31-37-59-55-23-15-19-27-67(55)79(7,8)71(59)45-51)52-32-38-60-56-24-16-20-28-68(56)80(9,10)72(60)46-52)43-65(63)76(78(4,5)6)66-44-50(36-42-64(66)75)84(53-33-39-61-57-25-17-21-29-69(57)81(11,12)73(61)47-53)54-34-40-62-58-26-18-22-30-70(58)82(13,14)74(62)48-54/h15-21,23-29,31-48H,22,30H2,1-14H3. The summed E-state index contributed by atoms with van der Waals surface area (Å²) in [6.07, 6.45) is 6.97. The summed E-state index contributed by atoms with van der Waals surface area (Å²) in [5.41, 5.74) is 30.9. The van der Waals surface area contributed by atoms with Crippen molar-refractivity contribution in [3.63, 3.8) is 0 Å². The molecule has 10 aromatic carbocycles. The Morgan fingerprint density at radius 2 is 0.619 bits per heavy atom. The summed E-state index contributed by atoms with van der Waals surface area (Å²) in [4.78, 5) is 5.14. The molecule has 15 rings (SSSR count). The van der Waals surface area contributed by atoms with Crippen LogP contribution in [0.5, 0.6) is 0 Å². The summed E-state index contributed by atoms with van der Waals surface area (Å²) in [6.45, 7) is 33.8. The second kappa shape index (κ2) is 17.7. The van der Waals surface area contributed by atoms with E-state index in [1.165, 1.54) is 139 Å². The van der Waals surface area contributed by atoms with Gasteiger partial charge in [0.15, 0.2) is 0 Å². The molecule has 10 aromatic rings. The van der Waals surface area contributed by atoms with Crippen LogP contribution in [0.4, 0.5) is 34.1 Å². The molecular weight excluding hydrogens is 1010 g/mol. The lowest BCUT2D eigenvalue weighted by molar-refractivity contribution is 0.593. The molecule has 0 radical (unpaired) electrons. The zero-order chi connectivity index (χ0) is 58.4. The van der Waals surface area contributed by atoms with Crippen molar-refractivity contribution in [3.8, 4) is 33.4 Å². The topological polar surface area (TPSA) is 6.48 Å². The predicted octanol–water partition coefficient (Wildman–Crippen LogP) is 22.8. The molecule has 0 fully saturated rings. The second-order valence-corrected chi connectivity index (χ2v) is 29.3. The minimum atomic E-state index is -0.244. The summed E-state index contributed by atoms with van der Waals surface area (Å²) in [7, 11) is 0. The number of nitrogens with zero attached hydrogens (tertiary/aromatic N) is 2. The molecule has 0 bridgehead atoms. The van der Waals surface area contributed by atoms with Crippen LogP contribution in [0.3, 0.4) is 0 Å². The fraction of sp³-hybridized carbons (Fsp3) is 0.268. The highest BCUT2D eigenvalue weighted by Crippen LogP contribution is 2.57. The lowest BCUT2D eigenvalue weighted by Crippen LogP contribution is -2.20. The molecule has 2 nitrogen and oxygen atoms in total. The molecule has 5 aliphatic carbocycles. The highest BCUT2D eigenvalue weighted by molar-refractivity contribution is 6.10. The molecule has 5 aliphatic rings. The maximum Gasteiger partial charge on any atom is 0.0468 e. The van der Waals surface area contributed by atoms with Gasteiger partial charge in [0.2, 0.25) is 0 Å². The Hall–Kier alpha value is -8.20. The van der Waals surface area contributed by atoms with Crippen LogP contribution < -0.4 is 9.80 Å². The number of anilines is 6. The summed E-state index contributed by atoms with van der Waals surface area (Å²) in [6, 6.07) is 71.1. The zero-order valence-corrected chi connectivity index (χ0v) is 51.8. The second-order valence-electron chi connectivity index (χ2n) is 29.3. The van der Waals surface area contributed by atoms with Gasteiger partial charge in [-0.25, -0.2) is 0 Å². The first-order valence-electron chi connectivity index (χ1n) is 30.9. The highest BCUT2D eigenvalue weighted by atomic mass is 15.1. The minimum Gasteiger partial charge on any atom is -0.310 e. The number of fused-ring (bicyclic) bond motifs is 13. The molecule has 0 aromatic heterocycles. The molecule has 2 heteroatoms. The van der Waals surface area contributed by atoms with Crippen molar-refractivity contribution >= 4 is 61.2 Å². The summed E-state index contributed by atoms with van der Waals surface area (Å²) < 4.78 is 0. The Bertz CT molecular complexity index is 4460. The van der Waals surface area contributed by atoms with Crippen molar-refractivity contribution in [1.82, 2.24) is 0 Å². The molecule has 0 N–H and O–H groups in total. The van der Waals surface area contributed by atoms with E-state index in [-0.39, 0.29) is 32.5 Å². The normalized spacial score (nSPS) is 16.9. The Morgan fingerprint density at radius 3 is 1.00 bits per heavy atom. The third-order valence-corrected chi connectivity index (χ3v) is 20.7. The highest BCUT2D eigenvalue weighted by Gasteiger charge is 2.41. The third kappa shape index (κ3) is 7.41. The van der Waals surface area contributed by atoms with E-state index in [4.69, 9.17) is 0 Å². The van der Waals surface area contributed by atoms with Crippen LogP contribution in [0.15, 0.2) is 200 Å². The molecule has 0 saturated carbocycles.